The predicted octanol–water partition coefficient (Wildman–Crippen LogP) is 0.991. The van der Waals surface area contributed by atoms with E-state index in [1.807, 2.05) is 0 Å². The van der Waals surface area contributed by atoms with Crippen molar-refractivity contribution in [2.45, 2.75) is 6.61 Å². The Morgan fingerprint density at radius 2 is 1.91 bits per heavy atom. The Kier molecular flexibility index (Phi) is 2.09. The van der Waals surface area contributed by atoms with E-state index in [2.05, 4.69) is 4.98 Å². The first kappa shape index (κ1) is 8.00. The van der Waals surface area contributed by atoms with Gasteiger partial charge in [-0.05, 0) is 6.07 Å². The Morgan fingerprint density at radius 1 is 1.27 bits per heavy atom. The average Bonchev–Trinajstić information content (AvgIpc) is 1.97. The van der Waals surface area contributed by atoms with Crippen molar-refractivity contribution < 1.29 is 18.3 Å². The molecule has 0 saturated heterocycles. The Labute approximate surface area is 60.3 Å². The number of hydrogen-bond donors (Lipinski definition) is 1. The molecule has 0 atom stereocenters. The molecule has 0 unspecified atom stereocenters. The quantitative estimate of drug-likeness (QED) is 0.626. The number of aliphatic hydroxyl groups excluding tert-OH is 1. The molecule has 5 heteroatoms. The summed E-state index contributed by atoms with van der Waals surface area (Å²) < 4.78 is 36.7. The molecule has 1 N–H and O–H groups in total. The van der Waals surface area contributed by atoms with Gasteiger partial charge in [-0.3, -0.25) is 0 Å². The molecule has 1 aromatic heterocycles. The summed E-state index contributed by atoms with van der Waals surface area (Å²) in [6, 6.07) is 0.567. The highest BCUT2D eigenvalue weighted by atomic mass is 19.2. The molecule has 0 aliphatic heterocycles. The molecule has 1 heterocycles. The molecule has 0 amide bonds. The van der Waals surface area contributed by atoms with Gasteiger partial charge in [0.25, 0.3) is 5.95 Å². The molecule has 0 aliphatic rings. The lowest BCUT2D eigenvalue weighted by atomic mass is 10.3. The van der Waals surface area contributed by atoms with E-state index in [0.29, 0.717) is 6.07 Å². The van der Waals surface area contributed by atoms with Crippen LogP contribution in [0.5, 0.6) is 0 Å². The topological polar surface area (TPSA) is 33.1 Å². The van der Waals surface area contributed by atoms with Crippen molar-refractivity contribution in [2.24, 2.45) is 0 Å². The fraction of sp³-hybridized carbons (Fsp3) is 0.167. The second-order valence-corrected chi connectivity index (χ2v) is 1.87. The highest BCUT2D eigenvalue weighted by Crippen LogP contribution is 2.09. The van der Waals surface area contributed by atoms with Gasteiger partial charge in [-0.15, -0.1) is 0 Å². The fourth-order valence-corrected chi connectivity index (χ4v) is 0.594. The molecule has 2 nitrogen and oxygen atoms in total. The van der Waals surface area contributed by atoms with E-state index in [0.717, 1.165) is 0 Å². The second-order valence-electron chi connectivity index (χ2n) is 1.87. The number of nitrogens with zero attached hydrogens (tertiary/aromatic N) is 1. The van der Waals surface area contributed by atoms with Gasteiger partial charge in [0, 0.05) is 5.56 Å². The Balaban J connectivity index is 3.21. The maximum absolute atomic E-state index is 12.4. The standard InChI is InChI=1S/C6H4F3NO/c7-4-1-3(2-11)5(8)10-6(4)9/h1,11H,2H2. The van der Waals surface area contributed by atoms with Crippen LogP contribution in [0.3, 0.4) is 0 Å². The minimum atomic E-state index is -1.50. The van der Waals surface area contributed by atoms with Gasteiger partial charge in [0.15, 0.2) is 5.82 Å². The summed E-state index contributed by atoms with van der Waals surface area (Å²) >= 11 is 0. The smallest absolute Gasteiger partial charge is 0.251 e. The zero-order valence-electron chi connectivity index (χ0n) is 5.31. The van der Waals surface area contributed by atoms with E-state index < -0.39 is 24.3 Å². The van der Waals surface area contributed by atoms with Crippen molar-refractivity contribution in [3.8, 4) is 0 Å². The second kappa shape index (κ2) is 2.87. The first-order valence-corrected chi connectivity index (χ1v) is 2.76. The summed E-state index contributed by atoms with van der Waals surface area (Å²) in [4.78, 5) is 2.58. The number of hydrogen-bond acceptors (Lipinski definition) is 2. The fourth-order valence-electron chi connectivity index (χ4n) is 0.594. The summed E-state index contributed by atoms with van der Waals surface area (Å²) in [5.41, 5.74) is -0.358. The molecular formula is C6H4F3NO. The van der Waals surface area contributed by atoms with Gasteiger partial charge in [-0.2, -0.15) is 13.8 Å². The van der Waals surface area contributed by atoms with Crippen molar-refractivity contribution in [1.29, 1.82) is 0 Å². The summed E-state index contributed by atoms with van der Waals surface area (Å²) in [5.74, 6) is -3.96. The van der Waals surface area contributed by atoms with Crippen LogP contribution in [-0.2, 0) is 6.61 Å². The van der Waals surface area contributed by atoms with Gasteiger partial charge >= 0.3 is 0 Å². The molecule has 0 aliphatic carbocycles. The maximum atomic E-state index is 12.4. The number of aromatic nitrogens is 1. The van der Waals surface area contributed by atoms with Crippen molar-refractivity contribution in [2.75, 3.05) is 0 Å². The zero-order valence-corrected chi connectivity index (χ0v) is 5.31. The predicted molar refractivity (Wildman–Crippen MR) is 30.0 cm³/mol. The SMILES string of the molecule is OCc1cc(F)c(F)nc1F. The van der Waals surface area contributed by atoms with Crippen LogP contribution in [0.25, 0.3) is 0 Å². The molecule has 0 bridgehead atoms. The van der Waals surface area contributed by atoms with Crippen molar-refractivity contribution >= 4 is 0 Å². The minimum absolute atomic E-state index is 0.358. The van der Waals surface area contributed by atoms with E-state index in [1.165, 1.54) is 0 Å². The lowest BCUT2D eigenvalue weighted by Crippen LogP contribution is -1.99. The summed E-state index contributed by atoms with van der Waals surface area (Å²) in [5, 5.41) is 8.36. The van der Waals surface area contributed by atoms with Crippen molar-refractivity contribution in [1.82, 2.24) is 4.98 Å². The molecule has 0 aromatic carbocycles. The number of halogens is 3. The van der Waals surface area contributed by atoms with Gasteiger partial charge in [0.1, 0.15) is 0 Å². The normalized spacial score (nSPS) is 10.2. The first-order valence-electron chi connectivity index (χ1n) is 2.76. The van der Waals surface area contributed by atoms with Gasteiger partial charge in [0.2, 0.25) is 5.95 Å². The summed E-state index contributed by atoms with van der Waals surface area (Å²) in [7, 11) is 0. The molecular weight excluding hydrogens is 159 g/mol. The lowest BCUT2D eigenvalue weighted by molar-refractivity contribution is 0.271. The first-order chi connectivity index (χ1) is 5.15. The van der Waals surface area contributed by atoms with Crippen LogP contribution in [0, 0.1) is 17.7 Å². The number of aliphatic hydroxyl groups is 1. The van der Waals surface area contributed by atoms with E-state index in [9.17, 15) is 13.2 Å². The monoisotopic (exact) mass is 163 g/mol. The molecule has 0 saturated carbocycles. The Bertz CT molecular complexity index is 277. The van der Waals surface area contributed by atoms with Crippen LogP contribution in [0.1, 0.15) is 5.56 Å². The minimum Gasteiger partial charge on any atom is -0.392 e. The van der Waals surface area contributed by atoms with E-state index in [1.54, 1.807) is 0 Å². The third kappa shape index (κ3) is 1.48. The lowest BCUT2D eigenvalue weighted by Gasteiger charge is -1.97. The van der Waals surface area contributed by atoms with Crippen LogP contribution in [-0.4, -0.2) is 10.1 Å². The maximum Gasteiger partial charge on any atom is 0.251 e. The van der Waals surface area contributed by atoms with E-state index in [4.69, 9.17) is 5.11 Å². The van der Waals surface area contributed by atoms with Gasteiger partial charge in [-0.1, -0.05) is 0 Å². The van der Waals surface area contributed by atoms with Crippen LogP contribution >= 0.6 is 0 Å². The van der Waals surface area contributed by atoms with E-state index in [-0.39, 0.29) is 5.56 Å². The Morgan fingerprint density at radius 3 is 2.45 bits per heavy atom. The van der Waals surface area contributed by atoms with Gasteiger partial charge in [-0.25, -0.2) is 4.39 Å². The molecule has 1 aromatic rings. The molecule has 60 valence electrons. The van der Waals surface area contributed by atoms with Crippen molar-refractivity contribution in [3.05, 3.63) is 29.3 Å². The molecule has 0 fully saturated rings. The third-order valence-electron chi connectivity index (χ3n) is 1.13. The summed E-state index contributed by atoms with van der Waals surface area (Å²) in [6.07, 6.45) is 0. The van der Waals surface area contributed by atoms with Crippen LogP contribution in [0.4, 0.5) is 13.2 Å². The van der Waals surface area contributed by atoms with Crippen LogP contribution in [0.15, 0.2) is 6.07 Å². The molecule has 0 spiro atoms. The van der Waals surface area contributed by atoms with Gasteiger partial charge < -0.3 is 5.11 Å². The van der Waals surface area contributed by atoms with Crippen molar-refractivity contribution in [3.63, 3.8) is 0 Å². The number of rotatable bonds is 1. The Hall–Kier alpha value is -1.10. The van der Waals surface area contributed by atoms with Crippen LogP contribution < -0.4 is 0 Å². The average molecular weight is 163 g/mol. The largest absolute Gasteiger partial charge is 0.392 e. The third-order valence-corrected chi connectivity index (χ3v) is 1.13. The molecule has 1 rings (SSSR count). The molecule has 11 heavy (non-hydrogen) atoms. The summed E-state index contributed by atoms with van der Waals surface area (Å²) in [6.45, 7) is -0.698. The molecule has 0 radical (unpaired) electrons. The highest BCUT2D eigenvalue weighted by Gasteiger charge is 2.09. The highest BCUT2D eigenvalue weighted by molar-refractivity contribution is 5.11. The van der Waals surface area contributed by atoms with Crippen LogP contribution in [0.2, 0.25) is 0 Å². The van der Waals surface area contributed by atoms with Gasteiger partial charge in [0.05, 0.1) is 6.61 Å². The number of pyridine rings is 1. The zero-order chi connectivity index (χ0) is 8.43. The van der Waals surface area contributed by atoms with E-state index >= 15 is 0 Å².